The fraction of sp³-hybridized carbons (Fsp3) is 0.692. The van der Waals surface area contributed by atoms with Gasteiger partial charge in [0.15, 0.2) is 0 Å². The SMILES string of the molecule is C=C(C)C(=O)OCCNC(=O)C(C)(C)C(C)C. The monoisotopic (exact) mass is 241 g/mol. The van der Waals surface area contributed by atoms with Crippen molar-refractivity contribution < 1.29 is 14.3 Å². The van der Waals surface area contributed by atoms with Crippen LogP contribution < -0.4 is 5.32 Å². The Kier molecular flexibility index (Phi) is 5.93. The highest BCUT2D eigenvalue weighted by atomic mass is 16.5. The smallest absolute Gasteiger partial charge is 0.333 e. The lowest BCUT2D eigenvalue weighted by Crippen LogP contribution is -2.41. The third-order valence-corrected chi connectivity index (χ3v) is 3.00. The van der Waals surface area contributed by atoms with Crippen LogP contribution in [0.15, 0.2) is 12.2 Å². The van der Waals surface area contributed by atoms with Gasteiger partial charge in [-0.3, -0.25) is 4.79 Å². The van der Waals surface area contributed by atoms with E-state index in [0.717, 1.165) is 0 Å². The predicted molar refractivity (Wildman–Crippen MR) is 67.4 cm³/mol. The molecule has 0 saturated carbocycles. The summed E-state index contributed by atoms with van der Waals surface area (Å²) in [4.78, 5) is 22.9. The molecule has 98 valence electrons. The Bertz CT molecular complexity index is 306. The van der Waals surface area contributed by atoms with E-state index in [4.69, 9.17) is 4.74 Å². The Morgan fingerprint density at radius 3 is 2.29 bits per heavy atom. The van der Waals surface area contributed by atoms with Crippen molar-refractivity contribution in [1.29, 1.82) is 0 Å². The summed E-state index contributed by atoms with van der Waals surface area (Å²) in [5.74, 6) is -0.207. The summed E-state index contributed by atoms with van der Waals surface area (Å²) in [6.07, 6.45) is 0. The van der Waals surface area contributed by atoms with Gasteiger partial charge in [0.25, 0.3) is 0 Å². The van der Waals surface area contributed by atoms with Gasteiger partial charge in [0, 0.05) is 11.0 Å². The van der Waals surface area contributed by atoms with Crippen LogP contribution in [-0.4, -0.2) is 25.0 Å². The van der Waals surface area contributed by atoms with Crippen LogP contribution in [0.2, 0.25) is 0 Å². The van der Waals surface area contributed by atoms with E-state index in [1.165, 1.54) is 0 Å². The fourth-order valence-electron chi connectivity index (χ4n) is 0.921. The molecule has 0 fully saturated rings. The first-order chi connectivity index (χ1) is 7.69. The van der Waals surface area contributed by atoms with Gasteiger partial charge in [-0.2, -0.15) is 0 Å². The molecule has 0 aromatic carbocycles. The molecule has 0 aliphatic rings. The van der Waals surface area contributed by atoms with Crippen LogP contribution >= 0.6 is 0 Å². The second kappa shape index (κ2) is 6.42. The Balaban J connectivity index is 3.95. The topological polar surface area (TPSA) is 55.4 Å². The van der Waals surface area contributed by atoms with Crippen LogP contribution in [0.3, 0.4) is 0 Å². The van der Waals surface area contributed by atoms with Crippen molar-refractivity contribution in [3.05, 3.63) is 12.2 Å². The zero-order chi connectivity index (χ0) is 13.6. The van der Waals surface area contributed by atoms with Crippen molar-refractivity contribution in [2.24, 2.45) is 11.3 Å². The highest BCUT2D eigenvalue weighted by Gasteiger charge is 2.30. The molecule has 0 aromatic heterocycles. The number of hydrogen-bond acceptors (Lipinski definition) is 3. The molecule has 4 heteroatoms. The summed E-state index contributed by atoms with van der Waals surface area (Å²) in [5.41, 5.74) is -0.0583. The van der Waals surface area contributed by atoms with Gasteiger partial charge < -0.3 is 10.1 Å². The number of esters is 1. The lowest BCUT2D eigenvalue weighted by molar-refractivity contribution is -0.140. The molecule has 0 unspecified atom stereocenters. The number of nitrogens with one attached hydrogen (secondary N) is 1. The molecule has 0 atom stereocenters. The number of ether oxygens (including phenoxy) is 1. The zero-order valence-electron chi connectivity index (χ0n) is 11.4. The highest BCUT2D eigenvalue weighted by molar-refractivity contribution is 5.87. The van der Waals surface area contributed by atoms with E-state index in [0.29, 0.717) is 12.1 Å². The van der Waals surface area contributed by atoms with Gasteiger partial charge in [-0.15, -0.1) is 0 Å². The normalized spacial score (nSPS) is 11.2. The molecule has 0 heterocycles. The minimum Gasteiger partial charge on any atom is -0.460 e. The van der Waals surface area contributed by atoms with Gasteiger partial charge in [-0.1, -0.05) is 34.3 Å². The summed E-state index contributed by atoms with van der Waals surface area (Å²) in [7, 11) is 0. The molecular formula is C13H23NO3. The third kappa shape index (κ3) is 5.02. The van der Waals surface area contributed by atoms with E-state index in [-0.39, 0.29) is 18.4 Å². The Hall–Kier alpha value is -1.32. The zero-order valence-corrected chi connectivity index (χ0v) is 11.4. The second-order valence-corrected chi connectivity index (χ2v) is 5.05. The maximum absolute atomic E-state index is 11.8. The minimum atomic E-state index is -0.428. The van der Waals surface area contributed by atoms with Gasteiger partial charge in [0.1, 0.15) is 6.61 Å². The number of carbonyl (C=O) groups excluding carboxylic acids is 2. The standard InChI is InChI=1S/C13H23NO3/c1-9(2)11(15)17-8-7-14-12(16)13(5,6)10(3)4/h10H,1,7-8H2,2-6H3,(H,14,16). The van der Waals surface area contributed by atoms with Crippen molar-refractivity contribution >= 4 is 11.9 Å². The van der Waals surface area contributed by atoms with Crippen molar-refractivity contribution in [1.82, 2.24) is 5.32 Å². The number of rotatable bonds is 6. The number of amides is 1. The summed E-state index contributed by atoms with van der Waals surface area (Å²) < 4.78 is 4.87. The molecule has 0 bridgehead atoms. The molecule has 0 aliphatic heterocycles. The summed E-state index contributed by atoms with van der Waals surface area (Å²) in [5, 5.41) is 2.75. The van der Waals surface area contributed by atoms with Gasteiger partial charge >= 0.3 is 5.97 Å². The van der Waals surface area contributed by atoms with Gasteiger partial charge in [0.05, 0.1) is 6.54 Å². The molecule has 1 N–H and O–H groups in total. The first kappa shape index (κ1) is 15.7. The molecule has 0 spiro atoms. The molecule has 1 amide bonds. The van der Waals surface area contributed by atoms with Crippen LogP contribution in [0.1, 0.15) is 34.6 Å². The van der Waals surface area contributed by atoms with Crippen LogP contribution in [0.5, 0.6) is 0 Å². The number of hydrogen-bond donors (Lipinski definition) is 1. The van der Waals surface area contributed by atoms with Crippen LogP contribution in [0.25, 0.3) is 0 Å². The molecule has 4 nitrogen and oxygen atoms in total. The molecule has 0 aliphatic carbocycles. The van der Waals surface area contributed by atoms with Gasteiger partial charge in [-0.25, -0.2) is 4.79 Å². The Morgan fingerprint density at radius 2 is 1.88 bits per heavy atom. The minimum absolute atomic E-state index is 0.0288. The molecule has 0 saturated heterocycles. The highest BCUT2D eigenvalue weighted by Crippen LogP contribution is 2.25. The van der Waals surface area contributed by atoms with Gasteiger partial charge in [-0.05, 0) is 12.8 Å². The first-order valence-corrected chi connectivity index (χ1v) is 5.80. The van der Waals surface area contributed by atoms with E-state index in [9.17, 15) is 9.59 Å². The van der Waals surface area contributed by atoms with E-state index in [1.807, 2.05) is 27.7 Å². The average Bonchev–Trinajstić information content (AvgIpc) is 2.22. The quantitative estimate of drug-likeness (QED) is 0.439. The molecule has 17 heavy (non-hydrogen) atoms. The van der Waals surface area contributed by atoms with Crippen molar-refractivity contribution in [2.45, 2.75) is 34.6 Å². The largest absolute Gasteiger partial charge is 0.460 e. The summed E-state index contributed by atoms with van der Waals surface area (Å²) >= 11 is 0. The van der Waals surface area contributed by atoms with Gasteiger partial charge in [0.2, 0.25) is 5.91 Å². The van der Waals surface area contributed by atoms with E-state index in [1.54, 1.807) is 6.92 Å². The lowest BCUT2D eigenvalue weighted by Gasteiger charge is -2.27. The maximum Gasteiger partial charge on any atom is 0.333 e. The Morgan fingerprint density at radius 1 is 1.35 bits per heavy atom. The summed E-state index contributed by atoms with van der Waals surface area (Å²) in [6, 6.07) is 0. The second-order valence-electron chi connectivity index (χ2n) is 5.05. The molecule has 0 aromatic rings. The van der Waals surface area contributed by atoms with E-state index in [2.05, 4.69) is 11.9 Å². The lowest BCUT2D eigenvalue weighted by atomic mass is 9.80. The molecular weight excluding hydrogens is 218 g/mol. The van der Waals surface area contributed by atoms with Crippen molar-refractivity contribution in [3.63, 3.8) is 0 Å². The average molecular weight is 241 g/mol. The van der Waals surface area contributed by atoms with E-state index >= 15 is 0 Å². The molecule has 0 rings (SSSR count). The number of carbonyl (C=O) groups is 2. The van der Waals surface area contributed by atoms with Crippen LogP contribution in [0.4, 0.5) is 0 Å². The molecule has 0 radical (unpaired) electrons. The Labute approximate surface area is 103 Å². The van der Waals surface area contributed by atoms with Crippen LogP contribution in [-0.2, 0) is 14.3 Å². The third-order valence-electron chi connectivity index (χ3n) is 3.00. The predicted octanol–water partition coefficient (Wildman–Crippen LogP) is 1.90. The first-order valence-electron chi connectivity index (χ1n) is 5.80. The van der Waals surface area contributed by atoms with Crippen LogP contribution in [0, 0.1) is 11.3 Å². The fourth-order valence-corrected chi connectivity index (χ4v) is 0.921. The van der Waals surface area contributed by atoms with E-state index < -0.39 is 11.4 Å². The van der Waals surface area contributed by atoms with Crippen molar-refractivity contribution in [3.8, 4) is 0 Å². The maximum atomic E-state index is 11.8. The summed E-state index contributed by atoms with van der Waals surface area (Å²) in [6.45, 7) is 13.3. The van der Waals surface area contributed by atoms with Crippen molar-refractivity contribution in [2.75, 3.05) is 13.2 Å².